The summed E-state index contributed by atoms with van der Waals surface area (Å²) in [6.45, 7) is 6.93. The van der Waals surface area contributed by atoms with Crippen LogP contribution >= 0.6 is 11.6 Å². The molecule has 0 atom stereocenters. The van der Waals surface area contributed by atoms with Crippen molar-refractivity contribution >= 4 is 21.8 Å². The fourth-order valence-corrected chi connectivity index (χ4v) is 3.40. The van der Waals surface area contributed by atoms with Crippen LogP contribution in [0.5, 0.6) is 0 Å². The molecule has 0 aliphatic carbocycles. The zero-order valence-corrected chi connectivity index (χ0v) is 11.7. The Bertz CT molecular complexity index is 322. The number of hydrogen-bond donors (Lipinski definition) is 1. The van der Waals surface area contributed by atoms with Gasteiger partial charge in [-0.1, -0.05) is 6.92 Å². The molecule has 1 fully saturated rings. The lowest BCUT2D eigenvalue weighted by Gasteiger charge is -2.33. The predicted molar refractivity (Wildman–Crippen MR) is 66.8 cm³/mol. The molecule has 0 radical (unpaired) electrons. The molecule has 1 heterocycles. The molecule has 1 aliphatic heterocycles. The summed E-state index contributed by atoms with van der Waals surface area (Å²) in [4.78, 5) is 0. The third kappa shape index (κ3) is 3.87. The van der Waals surface area contributed by atoms with Gasteiger partial charge in [0.1, 0.15) is 0 Å². The molecule has 1 N–H and O–H groups in total. The minimum Gasteiger partial charge on any atom is -0.195 e. The van der Waals surface area contributed by atoms with Crippen molar-refractivity contribution in [2.45, 2.75) is 39.2 Å². The van der Waals surface area contributed by atoms with E-state index >= 15 is 0 Å². The van der Waals surface area contributed by atoms with E-state index in [-0.39, 0.29) is 5.88 Å². The summed E-state index contributed by atoms with van der Waals surface area (Å²) < 4.78 is 28.2. The third-order valence-electron chi connectivity index (χ3n) is 2.82. The van der Waals surface area contributed by atoms with E-state index in [4.69, 9.17) is 11.6 Å². The van der Waals surface area contributed by atoms with E-state index in [2.05, 4.69) is 11.6 Å². The molecular weight excluding hydrogens is 248 g/mol. The van der Waals surface area contributed by atoms with Crippen LogP contribution in [0.1, 0.15) is 33.6 Å². The second kappa shape index (κ2) is 5.21. The Morgan fingerprint density at radius 2 is 1.88 bits per heavy atom. The van der Waals surface area contributed by atoms with Gasteiger partial charge in [-0.25, -0.2) is 0 Å². The minimum atomic E-state index is -3.38. The maximum absolute atomic E-state index is 12.0. The highest BCUT2D eigenvalue weighted by atomic mass is 35.5. The van der Waals surface area contributed by atoms with Gasteiger partial charge < -0.3 is 0 Å². The average molecular weight is 269 g/mol. The molecule has 4 nitrogen and oxygen atoms in total. The summed E-state index contributed by atoms with van der Waals surface area (Å²) in [6, 6.07) is 0. The van der Waals surface area contributed by atoms with E-state index in [0.29, 0.717) is 19.0 Å². The van der Waals surface area contributed by atoms with E-state index in [9.17, 15) is 8.42 Å². The van der Waals surface area contributed by atoms with Crippen molar-refractivity contribution in [2.24, 2.45) is 5.92 Å². The molecule has 0 bridgehead atoms. The molecule has 0 aromatic rings. The Morgan fingerprint density at radius 1 is 1.38 bits per heavy atom. The van der Waals surface area contributed by atoms with Crippen LogP contribution in [-0.2, 0) is 10.2 Å². The Morgan fingerprint density at radius 3 is 2.31 bits per heavy atom. The Labute approximate surface area is 104 Å². The zero-order valence-electron chi connectivity index (χ0n) is 10.2. The van der Waals surface area contributed by atoms with E-state index in [0.717, 1.165) is 12.8 Å². The van der Waals surface area contributed by atoms with Crippen molar-refractivity contribution in [2.75, 3.05) is 19.0 Å². The van der Waals surface area contributed by atoms with Gasteiger partial charge in [0.25, 0.3) is 10.2 Å². The predicted octanol–water partition coefficient (Wildman–Crippen LogP) is 1.57. The summed E-state index contributed by atoms with van der Waals surface area (Å²) in [7, 11) is -3.38. The summed E-state index contributed by atoms with van der Waals surface area (Å²) in [5, 5.41) is 0. The number of nitrogens with one attached hydrogen (secondary N) is 1. The molecule has 1 rings (SSSR count). The number of halogens is 1. The monoisotopic (exact) mass is 268 g/mol. The smallest absolute Gasteiger partial charge is 0.195 e. The lowest BCUT2D eigenvalue weighted by Crippen LogP contribution is -2.52. The van der Waals surface area contributed by atoms with E-state index in [1.807, 2.05) is 0 Å². The zero-order chi connectivity index (χ0) is 12.4. The van der Waals surface area contributed by atoms with E-state index in [1.165, 1.54) is 4.31 Å². The number of piperidine rings is 1. The van der Waals surface area contributed by atoms with Gasteiger partial charge in [0.05, 0.1) is 0 Å². The van der Waals surface area contributed by atoms with Crippen molar-refractivity contribution in [1.82, 2.24) is 9.03 Å². The Balaban J connectivity index is 2.64. The Kier molecular flexibility index (Phi) is 4.63. The molecular formula is C10H21ClN2O2S. The van der Waals surface area contributed by atoms with Crippen molar-refractivity contribution in [1.29, 1.82) is 0 Å². The van der Waals surface area contributed by atoms with Crippen LogP contribution in [-0.4, -0.2) is 37.2 Å². The summed E-state index contributed by atoms with van der Waals surface area (Å²) >= 11 is 5.72. The first-order valence-electron chi connectivity index (χ1n) is 5.62. The third-order valence-corrected chi connectivity index (χ3v) is 5.35. The summed E-state index contributed by atoms with van der Waals surface area (Å²) in [5.74, 6) is 0.878. The standard InChI is InChI=1S/C10H21ClN2O2S/c1-9-4-6-13(7-5-9)16(14,15)12-10(2,3)8-11/h9,12H,4-8H2,1-3H3. The van der Waals surface area contributed by atoms with Crippen LogP contribution in [0.15, 0.2) is 0 Å². The van der Waals surface area contributed by atoms with Gasteiger partial charge in [0.2, 0.25) is 0 Å². The minimum absolute atomic E-state index is 0.260. The first-order valence-corrected chi connectivity index (χ1v) is 7.59. The van der Waals surface area contributed by atoms with Crippen molar-refractivity contribution in [3.8, 4) is 0 Å². The SMILES string of the molecule is CC1CCN(S(=O)(=O)NC(C)(C)CCl)CC1. The fraction of sp³-hybridized carbons (Fsp3) is 1.00. The summed E-state index contributed by atoms with van der Waals surface area (Å²) in [6.07, 6.45) is 1.87. The van der Waals surface area contributed by atoms with Crippen LogP contribution in [0.2, 0.25) is 0 Å². The maximum Gasteiger partial charge on any atom is 0.279 e. The van der Waals surface area contributed by atoms with Crippen molar-refractivity contribution in [3.63, 3.8) is 0 Å². The van der Waals surface area contributed by atoms with Crippen LogP contribution in [0.3, 0.4) is 0 Å². The number of nitrogens with zero attached hydrogens (tertiary/aromatic N) is 1. The van der Waals surface area contributed by atoms with Crippen LogP contribution in [0.25, 0.3) is 0 Å². The van der Waals surface area contributed by atoms with Crippen LogP contribution < -0.4 is 4.72 Å². The molecule has 6 heteroatoms. The lowest BCUT2D eigenvalue weighted by atomic mass is 10.0. The molecule has 96 valence electrons. The largest absolute Gasteiger partial charge is 0.279 e. The molecule has 0 amide bonds. The molecule has 16 heavy (non-hydrogen) atoms. The molecule has 0 aromatic heterocycles. The second-order valence-corrected chi connectivity index (χ2v) is 7.14. The maximum atomic E-state index is 12.0. The highest BCUT2D eigenvalue weighted by Gasteiger charge is 2.31. The molecule has 0 unspecified atom stereocenters. The molecule has 0 aromatic carbocycles. The number of rotatable bonds is 4. The van der Waals surface area contributed by atoms with E-state index < -0.39 is 15.7 Å². The highest BCUT2D eigenvalue weighted by Crippen LogP contribution is 2.19. The van der Waals surface area contributed by atoms with Gasteiger partial charge in [-0.05, 0) is 32.6 Å². The average Bonchev–Trinajstić information content (AvgIpc) is 2.17. The van der Waals surface area contributed by atoms with Crippen LogP contribution in [0.4, 0.5) is 0 Å². The van der Waals surface area contributed by atoms with Gasteiger partial charge in [0.15, 0.2) is 0 Å². The molecule has 1 saturated heterocycles. The van der Waals surface area contributed by atoms with Gasteiger partial charge in [0, 0.05) is 24.5 Å². The van der Waals surface area contributed by atoms with Gasteiger partial charge in [-0.3, -0.25) is 0 Å². The Hall–Kier alpha value is 0.160. The van der Waals surface area contributed by atoms with Gasteiger partial charge in [-0.15, -0.1) is 11.6 Å². The normalized spacial score (nSPS) is 21.2. The van der Waals surface area contributed by atoms with Gasteiger partial charge in [-0.2, -0.15) is 17.4 Å². The quantitative estimate of drug-likeness (QED) is 0.787. The van der Waals surface area contributed by atoms with E-state index in [1.54, 1.807) is 13.8 Å². The molecule has 0 spiro atoms. The van der Waals surface area contributed by atoms with Crippen molar-refractivity contribution in [3.05, 3.63) is 0 Å². The fourth-order valence-electron chi connectivity index (χ4n) is 1.67. The molecule has 1 aliphatic rings. The molecule has 0 saturated carbocycles. The van der Waals surface area contributed by atoms with Gasteiger partial charge >= 0.3 is 0 Å². The first kappa shape index (κ1) is 14.2. The number of alkyl halides is 1. The number of hydrogen-bond acceptors (Lipinski definition) is 2. The first-order chi connectivity index (χ1) is 7.27. The van der Waals surface area contributed by atoms with Crippen molar-refractivity contribution < 1.29 is 8.42 Å². The lowest BCUT2D eigenvalue weighted by molar-refractivity contribution is 0.281. The summed E-state index contributed by atoms with van der Waals surface area (Å²) in [5.41, 5.74) is -0.594. The van der Waals surface area contributed by atoms with Crippen LogP contribution in [0, 0.1) is 5.92 Å². The second-order valence-electron chi connectivity index (χ2n) is 5.21. The topological polar surface area (TPSA) is 49.4 Å². The highest BCUT2D eigenvalue weighted by molar-refractivity contribution is 7.87.